The monoisotopic (exact) mass is 489 g/mol. The normalized spacial score (nSPS) is 10.9. The Kier molecular flexibility index (Phi) is 14.8. The van der Waals surface area contributed by atoms with E-state index < -0.39 is 20.4 Å². The Morgan fingerprint density at radius 1 is 0.758 bits per heavy atom. The average Bonchev–Trinajstić information content (AvgIpc) is 2.66. The Bertz CT molecular complexity index is 823. The van der Waals surface area contributed by atoms with E-state index in [4.69, 9.17) is 0 Å². The predicted octanol–water partition coefficient (Wildman–Crippen LogP) is 2.51. The van der Waals surface area contributed by atoms with Crippen molar-refractivity contribution in [1.29, 1.82) is 0 Å². The summed E-state index contributed by atoms with van der Waals surface area (Å²) in [5.74, 6) is -0.399. The lowest BCUT2D eigenvalue weighted by atomic mass is 9.89. The summed E-state index contributed by atoms with van der Waals surface area (Å²) in [6.45, 7) is 21.7. The summed E-state index contributed by atoms with van der Waals surface area (Å²) >= 11 is 0. The minimum Gasteiger partial charge on any atom is -0.346 e. The number of hydrogen-bond donors (Lipinski definition) is 1. The molecule has 0 heterocycles. The van der Waals surface area contributed by atoms with Gasteiger partial charge in [-0.3, -0.25) is 18.6 Å². The number of carbonyl (C=O) groups is 3. The zero-order valence-corrected chi connectivity index (χ0v) is 23.2. The van der Waals surface area contributed by atoms with Crippen LogP contribution in [-0.2, 0) is 28.7 Å². The fraction of sp³-hybridized carbons (Fsp3) is 0.609. The largest absolute Gasteiger partial charge is 0.346 e. The Labute approximate surface area is 200 Å². The molecule has 0 aliphatic carbocycles. The van der Waals surface area contributed by atoms with Crippen molar-refractivity contribution in [2.24, 2.45) is 0 Å². The van der Waals surface area contributed by atoms with Gasteiger partial charge in [0, 0.05) is 44.9 Å². The first-order valence-corrected chi connectivity index (χ1v) is 11.4. The van der Waals surface area contributed by atoms with Gasteiger partial charge < -0.3 is 15.1 Å². The third-order valence-electron chi connectivity index (χ3n) is 4.71. The van der Waals surface area contributed by atoms with Gasteiger partial charge in [0.05, 0.1) is 12.6 Å². The van der Waals surface area contributed by atoms with Crippen LogP contribution in [0.1, 0.15) is 48.5 Å². The lowest BCUT2D eigenvalue weighted by molar-refractivity contribution is -0.125. The molecule has 0 saturated carbocycles. The number of amides is 3. The van der Waals surface area contributed by atoms with E-state index in [0.29, 0.717) is 16.7 Å². The molecule has 0 aromatic rings. The van der Waals surface area contributed by atoms with Crippen LogP contribution in [0.15, 0.2) is 36.5 Å². The van der Waals surface area contributed by atoms with Crippen molar-refractivity contribution in [3.63, 3.8) is 0 Å². The molecule has 33 heavy (non-hydrogen) atoms. The van der Waals surface area contributed by atoms with Crippen molar-refractivity contribution >= 4 is 27.8 Å². The fourth-order valence-corrected chi connectivity index (χ4v) is 2.92. The maximum atomic E-state index is 11.8. The Balaban J connectivity index is -0.000000468. The van der Waals surface area contributed by atoms with E-state index in [-0.39, 0.29) is 17.7 Å². The molecule has 1 N–H and O–H groups in total. The number of nitrogens with zero attached hydrogens (tertiary/aromatic N) is 2. The Morgan fingerprint density at radius 2 is 1.06 bits per heavy atom. The first-order valence-electron chi connectivity index (χ1n) is 10.0. The van der Waals surface area contributed by atoms with Crippen molar-refractivity contribution in [3.8, 4) is 0 Å². The van der Waals surface area contributed by atoms with Gasteiger partial charge in [0.15, 0.2) is 0 Å². The molecule has 0 bridgehead atoms. The van der Waals surface area contributed by atoms with Gasteiger partial charge in [0.2, 0.25) is 17.7 Å². The molecule has 0 aromatic carbocycles. The molecule has 0 rings (SSSR count). The van der Waals surface area contributed by atoms with E-state index in [1.807, 2.05) is 0 Å². The van der Waals surface area contributed by atoms with Gasteiger partial charge in [-0.25, -0.2) is 0 Å². The zero-order chi connectivity index (χ0) is 27.5. The van der Waals surface area contributed by atoms with Gasteiger partial charge in [-0.1, -0.05) is 19.7 Å². The highest BCUT2D eigenvalue weighted by Crippen LogP contribution is 2.30. The molecule has 9 nitrogen and oxygen atoms in total. The summed E-state index contributed by atoms with van der Waals surface area (Å²) in [6.07, 6.45) is 0. The summed E-state index contributed by atoms with van der Waals surface area (Å²) in [5.41, 5.74) is 0.492. The highest BCUT2D eigenvalue weighted by Gasteiger charge is 2.49. The molecule has 0 aliphatic heterocycles. The van der Waals surface area contributed by atoms with Gasteiger partial charge in [-0.15, -0.1) is 0 Å². The Morgan fingerprint density at radius 3 is 1.21 bits per heavy atom. The third kappa shape index (κ3) is 11.8. The maximum Gasteiger partial charge on any atom is 0.274 e. The third-order valence-corrected chi connectivity index (χ3v) is 6.90. The van der Waals surface area contributed by atoms with Gasteiger partial charge in [0.1, 0.15) is 4.75 Å². The van der Waals surface area contributed by atoms with Crippen LogP contribution in [0.25, 0.3) is 0 Å². The predicted molar refractivity (Wildman–Crippen MR) is 134 cm³/mol. The first-order chi connectivity index (χ1) is 14.5. The molecule has 0 atom stereocenters. The van der Waals surface area contributed by atoms with Crippen LogP contribution in [0, 0.1) is 0 Å². The van der Waals surface area contributed by atoms with E-state index in [1.54, 1.807) is 62.8 Å². The summed E-state index contributed by atoms with van der Waals surface area (Å²) in [7, 11) is 4.16. The second-order valence-corrected chi connectivity index (χ2v) is 11.2. The molecule has 192 valence electrons. The highest BCUT2D eigenvalue weighted by molar-refractivity contribution is 7.88. The van der Waals surface area contributed by atoms with E-state index in [1.165, 1.54) is 23.6 Å². The lowest BCUT2D eigenvalue weighted by Crippen LogP contribution is -2.61. The van der Waals surface area contributed by atoms with Crippen molar-refractivity contribution in [2.45, 2.75) is 58.8 Å². The highest BCUT2D eigenvalue weighted by atomic mass is 32.2. The number of hydrogen-bond acceptors (Lipinski definition) is 6. The van der Waals surface area contributed by atoms with Crippen LogP contribution >= 0.6 is 0 Å². The Hall–Kier alpha value is -2.46. The molecule has 0 aromatic heterocycles. The topological polar surface area (TPSA) is 113 Å². The number of likely N-dealkylation sites (N-methyl/N-ethyl adjacent to an activating group) is 2. The smallest absolute Gasteiger partial charge is 0.274 e. The zero-order valence-electron chi connectivity index (χ0n) is 22.4. The molecule has 0 fully saturated rings. The fourth-order valence-electron chi connectivity index (χ4n) is 1.83. The summed E-state index contributed by atoms with van der Waals surface area (Å²) in [4.78, 5) is 35.9. The van der Waals surface area contributed by atoms with Crippen LogP contribution in [0.3, 0.4) is 0 Å². The van der Waals surface area contributed by atoms with Crippen molar-refractivity contribution in [1.82, 2.24) is 15.1 Å². The minimum absolute atomic E-state index is 0.00926. The van der Waals surface area contributed by atoms with Crippen LogP contribution in [0.5, 0.6) is 0 Å². The molecule has 3 amide bonds. The number of nitrogens with one attached hydrogen (secondary N) is 1. The second-order valence-electron chi connectivity index (χ2n) is 8.95. The van der Waals surface area contributed by atoms with Crippen LogP contribution in [-0.4, -0.2) is 81.5 Å². The van der Waals surface area contributed by atoms with Crippen LogP contribution in [0.2, 0.25) is 0 Å². The molecule has 0 unspecified atom stereocenters. The molecule has 0 saturated heterocycles. The van der Waals surface area contributed by atoms with Gasteiger partial charge in [-0.2, -0.15) is 8.42 Å². The van der Waals surface area contributed by atoms with Crippen LogP contribution < -0.4 is 5.32 Å². The van der Waals surface area contributed by atoms with Gasteiger partial charge >= 0.3 is 0 Å². The molecule has 10 heteroatoms. The SMILES string of the molecule is C=C(C)C(=O)N(C)C.C=C(C)C(=O)N(C)C.C=C(C)C(=O)NC(C)(C)C(C)(C)S(=O)(=O)OC. The molecule has 0 radical (unpaired) electrons. The minimum atomic E-state index is -3.77. The molecular weight excluding hydrogens is 446 g/mol. The first kappa shape index (κ1) is 35.1. The molecule has 0 spiro atoms. The average molecular weight is 490 g/mol. The van der Waals surface area contributed by atoms with Crippen molar-refractivity contribution < 1.29 is 27.0 Å². The van der Waals surface area contributed by atoms with Crippen LogP contribution in [0.4, 0.5) is 0 Å². The van der Waals surface area contributed by atoms with E-state index in [2.05, 4.69) is 29.2 Å². The lowest BCUT2D eigenvalue weighted by Gasteiger charge is -2.40. The van der Waals surface area contributed by atoms with Crippen molar-refractivity contribution in [3.05, 3.63) is 36.5 Å². The quantitative estimate of drug-likeness (QED) is 0.434. The number of carbonyl (C=O) groups excluding carboxylic acids is 3. The van der Waals surface area contributed by atoms with E-state index >= 15 is 0 Å². The maximum absolute atomic E-state index is 11.8. The number of rotatable bonds is 7. The van der Waals surface area contributed by atoms with E-state index in [9.17, 15) is 22.8 Å². The van der Waals surface area contributed by atoms with Crippen molar-refractivity contribution in [2.75, 3.05) is 35.3 Å². The van der Waals surface area contributed by atoms with E-state index in [0.717, 1.165) is 7.11 Å². The summed E-state index contributed by atoms with van der Waals surface area (Å²) in [6, 6.07) is 0. The molecular formula is C23H43N3O6S. The standard InChI is InChI=1S/C11H21NO4S.2C6H11NO/c1-8(2)9(13)12-10(3,4)11(5,6)17(14,15)16-7;2*1-5(2)6(8)7(3)4/h1H2,2-7H3,(H,12,13);2*1H2,2-4H3. The summed E-state index contributed by atoms with van der Waals surface area (Å²) < 4.78 is 26.9. The second kappa shape index (κ2) is 13.9. The summed E-state index contributed by atoms with van der Waals surface area (Å²) in [5, 5.41) is 2.64. The van der Waals surface area contributed by atoms with Gasteiger partial charge in [0.25, 0.3) is 10.1 Å². The molecule has 0 aliphatic rings. The van der Waals surface area contributed by atoms with Gasteiger partial charge in [-0.05, 0) is 48.5 Å².